The van der Waals surface area contributed by atoms with Crippen LogP contribution in [-0.4, -0.2) is 79.1 Å². The minimum atomic E-state index is -4.36. The number of nitrogens with one attached hydrogen (secondary N) is 2. The minimum absolute atomic E-state index is 0.174. The highest BCUT2D eigenvalue weighted by Gasteiger charge is 2.57. The van der Waals surface area contributed by atoms with E-state index in [0.717, 1.165) is 19.3 Å². The molecule has 3 aromatic rings. The van der Waals surface area contributed by atoms with E-state index in [2.05, 4.69) is 25.4 Å². The topological polar surface area (TPSA) is 159 Å². The summed E-state index contributed by atoms with van der Waals surface area (Å²) in [5.74, 6) is 0.0255. The van der Waals surface area contributed by atoms with Crippen LogP contribution in [0, 0.1) is 6.92 Å². The molecule has 6 atom stereocenters. The van der Waals surface area contributed by atoms with Gasteiger partial charge in [0.05, 0.1) is 24.9 Å². The first kappa shape index (κ1) is 32.5. The summed E-state index contributed by atoms with van der Waals surface area (Å²) in [5.41, 5.74) is -1.13. The number of rotatable bonds is 13. The largest absolute Gasteiger partial charge is 0.462 e. The van der Waals surface area contributed by atoms with Crippen molar-refractivity contribution in [3.8, 4) is 5.75 Å². The van der Waals surface area contributed by atoms with Crippen LogP contribution in [0.5, 0.6) is 5.75 Å². The Kier molecular flexibility index (Phi) is 9.78. The molecule has 1 saturated carbocycles. The van der Waals surface area contributed by atoms with Gasteiger partial charge in [-0.05, 0) is 59.1 Å². The number of carbonyl (C=O) groups excluding carboxylic acids is 1. The molecule has 3 heterocycles. The van der Waals surface area contributed by atoms with E-state index in [1.165, 1.54) is 17.8 Å². The van der Waals surface area contributed by atoms with E-state index in [9.17, 15) is 14.5 Å². The van der Waals surface area contributed by atoms with Gasteiger partial charge in [0.2, 0.25) is 0 Å². The molecule has 0 radical (unpaired) electrons. The van der Waals surface area contributed by atoms with E-state index in [4.69, 9.17) is 30.1 Å². The number of aryl methyl sites for hydroxylation is 1. The summed E-state index contributed by atoms with van der Waals surface area (Å²) >= 11 is 6.29. The third kappa shape index (κ3) is 6.85. The van der Waals surface area contributed by atoms with Crippen LogP contribution in [0.15, 0.2) is 36.7 Å². The number of alkyl halides is 2. The number of fused-ring (bicyclic) bond motifs is 1. The van der Waals surface area contributed by atoms with Crippen molar-refractivity contribution in [2.45, 2.75) is 89.2 Å². The molecule has 0 spiro atoms. The first-order valence-corrected chi connectivity index (χ1v) is 16.5. The predicted octanol–water partition coefficient (Wildman–Crippen LogP) is 4.44. The fourth-order valence-electron chi connectivity index (χ4n) is 4.89. The zero-order chi connectivity index (χ0) is 31.6. The second kappa shape index (κ2) is 13.2. The number of esters is 1. The molecule has 44 heavy (non-hydrogen) atoms. The Morgan fingerprint density at radius 3 is 2.64 bits per heavy atom. The van der Waals surface area contributed by atoms with Crippen molar-refractivity contribution in [2.24, 2.45) is 0 Å². The number of anilines is 1. The molecule has 1 aliphatic heterocycles. The number of benzene rings is 1. The lowest BCUT2D eigenvalue weighted by atomic mass is 9.93. The first-order chi connectivity index (χ1) is 20.9. The lowest BCUT2D eigenvalue weighted by molar-refractivity contribution is -0.149. The molecule has 240 valence electrons. The third-order valence-corrected chi connectivity index (χ3v) is 9.53. The lowest BCUT2D eigenvalue weighted by Crippen LogP contribution is -2.48. The average molecular weight is 655 g/mol. The fraction of sp³-hybridized carbons (Fsp3) is 0.571. The van der Waals surface area contributed by atoms with Crippen molar-refractivity contribution in [1.29, 1.82) is 0 Å². The van der Waals surface area contributed by atoms with Gasteiger partial charge in [0.25, 0.3) is 0 Å². The van der Waals surface area contributed by atoms with Gasteiger partial charge in [-0.3, -0.25) is 13.9 Å². The van der Waals surface area contributed by atoms with Crippen molar-refractivity contribution in [3.05, 3.63) is 42.5 Å². The number of para-hydroxylation sites is 1. The van der Waals surface area contributed by atoms with Crippen LogP contribution < -0.4 is 14.9 Å². The number of aliphatic hydroxyl groups is 1. The highest BCUT2D eigenvalue weighted by molar-refractivity contribution is 7.52. The van der Waals surface area contributed by atoms with Gasteiger partial charge in [-0.25, -0.2) is 23.9 Å². The number of ether oxygens (including phenoxy) is 2. The normalized spacial score (nSPS) is 25.9. The summed E-state index contributed by atoms with van der Waals surface area (Å²) in [4.78, 5) is 25.8. The zero-order valence-electron chi connectivity index (χ0n) is 24.9. The second-order valence-corrected chi connectivity index (χ2v) is 13.3. The van der Waals surface area contributed by atoms with Gasteiger partial charge in [0, 0.05) is 6.04 Å². The Bertz CT molecular complexity index is 1510. The maximum absolute atomic E-state index is 15.9. The maximum Gasteiger partial charge on any atom is 0.459 e. The number of carbonyl (C=O) groups is 1. The smallest absolute Gasteiger partial charge is 0.459 e. The molecule has 1 saturated heterocycles. The van der Waals surface area contributed by atoms with Gasteiger partial charge >= 0.3 is 13.7 Å². The van der Waals surface area contributed by atoms with E-state index in [1.807, 2.05) is 0 Å². The Hall–Kier alpha value is -2.87. The monoisotopic (exact) mass is 654 g/mol. The summed E-state index contributed by atoms with van der Waals surface area (Å²) in [7, 11) is -4.36. The summed E-state index contributed by atoms with van der Waals surface area (Å²) in [6.07, 6.45) is -1.09. The standard InChI is InChI=1S/C28H37ClFN6O7P/c1-16(2)41-27(38)17(3)35-44(39,43-20-11-6-5-7-12-20)40-14-28(13-29)23(37)21(30)26(42-28)36-15-31-22-24(34-19-9-8-10-19)32-18(4)33-25(22)36/h5-7,11-12,15-17,19,21,23,26,37H,8-10,13-14H2,1-4H3,(H,35,39)(H,32,33,34)/t17-,21+,23-,26+,28+,44-/m0/s1. The first-order valence-electron chi connectivity index (χ1n) is 14.4. The summed E-state index contributed by atoms with van der Waals surface area (Å²) in [6, 6.07) is 7.30. The van der Waals surface area contributed by atoms with Crippen LogP contribution in [0.1, 0.15) is 52.1 Å². The quantitative estimate of drug-likeness (QED) is 0.135. The Morgan fingerprint density at radius 2 is 2.00 bits per heavy atom. The lowest BCUT2D eigenvalue weighted by Gasteiger charge is -2.31. The molecule has 2 aromatic heterocycles. The molecule has 2 aliphatic rings. The van der Waals surface area contributed by atoms with E-state index < -0.39 is 62.5 Å². The van der Waals surface area contributed by atoms with Gasteiger partial charge in [-0.1, -0.05) is 18.2 Å². The number of aliphatic hydroxyl groups excluding tert-OH is 1. The van der Waals surface area contributed by atoms with Crippen LogP contribution in [0.4, 0.5) is 10.2 Å². The van der Waals surface area contributed by atoms with Crippen molar-refractivity contribution < 1.29 is 37.4 Å². The number of aromatic nitrogens is 4. The number of halogens is 2. The molecule has 1 aliphatic carbocycles. The van der Waals surface area contributed by atoms with Crippen LogP contribution in [0.2, 0.25) is 0 Å². The van der Waals surface area contributed by atoms with Gasteiger partial charge in [-0.15, -0.1) is 11.6 Å². The number of imidazole rings is 1. The number of nitrogens with zero attached hydrogens (tertiary/aromatic N) is 4. The molecule has 0 unspecified atom stereocenters. The Morgan fingerprint density at radius 1 is 1.27 bits per heavy atom. The molecule has 16 heteroatoms. The Labute approximate surface area is 259 Å². The van der Waals surface area contributed by atoms with Gasteiger partial charge in [-0.2, -0.15) is 5.09 Å². The van der Waals surface area contributed by atoms with E-state index in [-0.39, 0.29) is 11.8 Å². The molecule has 0 bridgehead atoms. The van der Waals surface area contributed by atoms with Gasteiger partial charge in [0.1, 0.15) is 29.3 Å². The highest BCUT2D eigenvalue weighted by Crippen LogP contribution is 2.49. The summed E-state index contributed by atoms with van der Waals surface area (Å²) in [5, 5.41) is 17.0. The molecule has 3 N–H and O–H groups in total. The van der Waals surface area contributed by atoms with Crippen molar-refractivity contribution >= 4 is 42.3 Å². The van der Waals surface area contributed by atoms with Crippen LogP contribution in [0.3, 0.4) is 0 Å². The minimum Gasteiger partial charge on any atom is -0.462 e. The van der Waals surface area contributed by atoms with Crippen molar-refractivity contribution in [1.82, 2.24) is 24.6 Å². The fourth-order valence-corrected chi connectivity index (χ4v) is 6.73. The highest BCUT2D eigenvalue weighted by atomic mass is 35.5. The summed E-state index contributed by atoms with van der Waals surface area (Å²) < 4.78 is 53.9. The predicted molar refractivity (Wildman–Crippen MR) is 160 cm³/mol. The van der Waals surface area contributed by atoms with Gasteiger partial charge in [0.15, 0.2) is 29.4 Å². The molecule has 2 fully saturated rings. The van der Waals surface area contributed by atoms with E-state index in [1.54, 1.807) is 51.1 Å². The van der Waals surface area contributed by atoms with Crippen molar-refractivity contribution in [3.63, 3.8) is 0 Å². The van der Waals surface area contributed by atoms with Crippen LogP contribution >= 0.6 is 19.3 Å². The maximum atomic E-state index is 15.9. The average Bonchev–Trinajstić information content (AvgIpc) is 3.48. The molecule has 5 rings (SSSR count). The number of hydrogen-bond donors (Lipinski definition) is 3. The molecule has 0 amide bonds. The molecule has 13 nitrogen and oxygen atoms in total. The third-order valence-electron chi connectivity index (χ3n) is 7.45. The second-order valence-electron chi connectivity index (χ2n) is 11.3. The van der Waals surface area contributed by atoms with Crippen LogP contribution in [-0.2, 0) is 23.4 Å². The SMILES string of the molecule is Cc1nc(NC2CCC2)c2ncn([C@@H]3O[C@](CCl)(CO[P@@](=O)(N[C@@H](C)C(=O)OC(C)C)Oc4ccccc4)[C@@H](O)[C@H]3F)c2n1. The Balaban J connectivity index is 1.39. The molecular formula is C28H37ClFN6O7P. The van der Waals surface area contributed by atoms with Crippen molar-refractivity contribution in [2.75, 3.05) is 17.8 Å². The van der Waals surface area contributed by atoms with E-state index >= 15 is 4.39 Å². The zero-order valence-corrected chi connectivity index (χ0v) is 26.5. The molecular weight excluding hydrogens is 618 g/mol. The number of hydrogen-bond acceptors (Lipinski definition) is 11. The van der Waals surface area contributed by atoms with Crippen LogP contribution in [0.25, 0.3) is 11.2 Å². The molecule has 1 aromatic carbocycles. The van der Waals surface area contributed by atoms with Gasteiger partial charge < -0.3 is 24.4 Å². The van der Waals surface area contributed by atoms with E-state index in [0.29, 0.717) is 22.8 Å². The summed E-state index contributed by atoms with van der Waals surface area (Å²) in [6.45, 7) is 5.84.